The molecule has 0 amide bonds. The summed E-state index contributed by atoms with van der Waals surface area (Å²) in [5.41, 5.74) is 0. The predicted octanol–water partition coefficient (Wildman–Crippen LogP) is 2.56. The van der Waals surface area contributed by atoms with Crippen LogP contribution in [0.4, 0.5) is 0 Å². The SMILES string of the molecule is CC(C)C1CC(O)C(COP(OO)(OOO)(P(=O)=O)P(=O)=O)O1. The van der Waals surface area contributed by atoms with Gasteiger partial charge >= 0.3 is 130 Å². The molecule has 15 heteroatoms. The molecular weight excluding hydrogens is 381 g/mol. The number of hydrogen-bond acceptors (Lipinski definition) is 12. The summed E-state index contributed by atoms with van der Waals surface area (Å²) in [5, 5.41) is 30.1. The van der Waals surface area contributed by atoms with Crippen LogP contribution in [0.2, 0.25) is 0 Å². The maximum absolute atomic E-state index is 11.3. The van der Waals surface area contributed by atoms with E-state index in [1.54, 1.807) is 0 Å². The molecule has 3 N–H and O–H groups in total. The van der Waals surface area contributed by atoms with Crippen LogP contribution in [0, 0.1) is 5.92 Å². The van der Waals surface area contributed by atoms with E-state index in [-0.39, 0.29) is 18.4 Å². The molecule has 1 aliphatic heterocycles. The Labute approximate surface area is 131 Å². The summed E-state index contributed by atoms with van der Waals surface area (Å²) < 4.78 is 62.8. The van der Waals surface area contributed by atoms with Crippen molar-refractivity contribution in [3.8, 4) is 0 Å². The van der Waals surface area contributed by atoms with Gasteiger partial charge in [-0.05, 0) is 0 Å². The van der Waals surface area contributed by atoms with Gasteiger partial charge < -0.3 is 0 Å². The second-order valence-corrected chi connectivity index (χ2v) is 15.2. The van der Waals surface area contributed by atoms with Crippen LogP contribution in [0.5, 0.6) is 0 Å². The Balaban J connectivity index is 3.05. The summed E-state index contributed by atoms with van der Waals surface area (Å²) >= 11 is 0. The molecule has 1 aliphatic rings. The van der Waals surface area contributed by atoms with Gasteiger partial charge in [0.05, 0.1) is 0 Å². The Morgan fingerprint density at radius 1 is 1.22 bits per heavy atom. The molecular formula is C8H17O12P3. The first kappa shape index (κ1) is 21.0. The summed E-state index contributed by atoms with van der Waals surface area (Å²) in [5.74, 6) is 0.0308. The van der Waals surface area contributed by atoms with Gasteiger partial charge in [0, 0.05) is 0 Å². The van der Waals surface area contributed by atoms with Crippen molar-refractivity contribution in [1.82, 2.24) is 0 Å². The zero-order valence-electron chi connectivity index (χ0n) is 12.1. The van der Waals surface area contributed by atoms with Crippen LogP contribution in [0.15, 0.2) is 0 Å². The van der Waals surface area contributed by atoms with Crippen molar-refractivity contribution in [1.29, 1.82) is 0 Å². The number of aliphatic hydroxyl groups is 1. The Morgan fingerprint density at radius 2 is 1.78 bits per heavy atom. The molecule has 0 aliphatic carbocycles. The van der Waals surface area contributed by atoms with E-state index in [9.17, 15) is 23.4 Å². The average Bonchev–Trinajstić information content (AvgIpc) is 2.85. The van der Waals surface area contributed by atoms with Crippen LogP contribution in [0.1, 0.15) is 20.3 Å². The molecule has 12 nitrogen and oxygen atoms in total. The third-order valence-corrected chi connectivity index (χ3v) is 13.0. The fourth-order valence-corrected chi connectivity index (χ4v) is 6.35. The van der Waals surface area contributed by atoms with E-state index in [0.717, 1.165) is 0 Å². The number of rotatable bonds is 9. The van der Waals surface area contributed by atoms with Crippen LogP contribution < -0.4 is 0 Å². The van der Waals surface area contributed by atoms with Crippen molar-refractivity contribution in [3.05, 3.63) is 0 Å². The molecule has 1 saturated heterocycles. The second-order valence-electron chi connectivity index (χ2n) is 5.07. The van der Waals surface area contributed by atoms with E-state index < -0.39 is 40.2 Å². The van der Waals surface area contributed by atoms with Crippen LogP contribution in [-0.4, -0.2) is 40.5 Å². The quantitative estimate of drug-likeness (QED) is 0.294. The Bertz CT molecular complexity index is 519. The van der Waals surface area contributed by atoms with Crippen molar-refractivity contribution in [2.24, 2.45) is 5.92 Å². The number of ether oxygens (including phenoxy) is 1. The van der Waals surface area contributed by atoms with Gasteiger partial charge in [0.15, 0.2) is 0 Å². The molecule has 0 spiro atoms. The monoisotopic (exact) mass is 398 g/mol. The van der Waals surface area contributed by atoms with Crippen molar-refractivity contribution in [3.63, 3.8) is 0 Å². The van der Waals surface area contributed by atoms with E-state index in [0.29, 0.717) is 0 Å². The first-order valence-electron chi connectivity index (χ1n) is 6.27. The van der Waals surface area contributed by atoms with Crippen molar-refractivity contribution in [2.45, 2.75) is 38.6 Å². The molecule has 23 heavy (non-hydrogen) atoms. The number of aliphatic hydroxyl groups excluding tert-OH is 1. The average molecular weight is 398 g/mol. The minimum absolute atomic E-state index is 0.0308. The van der Waals surface area contributed by atoms with Crippen molar-refractivity contribution < 1.29 is 57.5 Å². The van der Waals surface area contributed by atoms with Gasteiger partial charge in [-0.3, -0.25) is 0 Å². The van der Waals surface area contributed by atoms with Gasteiger partial charge in [0.2, 0.25) is 0 Å². The van der Waals surface area contributed by atoms with Gasteiger partial charge in [0.1, 0.15) is 0 Å². The molecule has 3 unspecified atom stereocenters. The third kappa shape index (κ3) is 3.78. The van der Waals surface area contributed by atoms with Crippen LogP contribution in [0.25, 0.3) is 0 Å². The topological polar surface area (TPSA) is 175 Å². The first-order chi connectivity index (χ1) is 10.6. The van der Waals surface area contributed by atoms with Crippen molar-refractivity contribution in [2.75, 3.05) is 6.61 Å². The molecule has 1 heterocycles. The van der Waals surface area contributed by atoms with Crippen LogP contribution >= 0.6 is 21.4 Å². The predicted molar refractivity (Wildman–Crippen MR) is 72.1 cm³/mol. The van der Waals surface area contributed by atoms with E-state index in [1.807, 2.05) is 13.8 Å². The molecule has 1 fully saturated rings. The molecule has 136 valence electrons. The van der Waals surface area contributed by atoms with Crippen LogP contribution in [-0.2, 0) is 41.9 Å². The Morgan fingerprint density at radius 3 is 2.13 bits per heavy atom. The van der Waals surface area contributed by atoms with E-state index in [1.165, 1.54) is 0 Å². The third-order valence-electron chi connectivity index (χ3n) is 3.30. The summed E-state index contributed by atoms with van der Waals surface area (Å²) in [6, 6.07) is 0. The summed E-state index contributed by atoms with van der Waals surface area (Å²) in [7, 11) is -8.48. The Hall–Kier alpha value is -0.0900. The molecule has 1 rings (SSSR count). The van der Waals surface area contributed by atoms with Crippen LogP contribution in [0.3, 0.4) is 0 Å². The zero-order chi connectivity index (χ0) is 17.9. The van der Waals surface area contributed by atoms with Crippen molar-refractivity contribution >= 4 is 21.4 Å². The number of hydrogen-bond donors (Lipinski definition) is 3. The first-order valence-corrected chi connectivity index (χ1v) is 12.0. The van der Waals surface area contributed by atoms with Gasteiger partial charge in [0.25, 0.3) is 0 Å². The molecule has 0 aromatic heterocycles. The Kier molecular flexibility index (Phi) is 7.16. The molecule has 0 saturated carbocycles. The summed E-state index contributed by atoms with van der Waals surface area (Å²) in [6.45, 7) is -3.49. The van der Waals surface area contributed by atoms with E-state index in [2.05, 4.69) is 18.9 Å². The fraction of sp³-hybridized carbons (Fsp3) is 1.00. The second kappa shape index (κ2) is 7.86. The standard InChI is InChI=1S/C8H17O12P3/c1-5(2)7-3-6(9)8(17-7)4-16-23(19-11,20-18-10,21(12)13)22(14)15/h5-11H,3-4H2,1-2H3. The molecule has 0 radical (unpaired) electrons. The van der Waals surface area contributed by atoms with Gasteiger partial charge in [-0.15, -0.1) is 0 Å². The fourth-order valence-electron chi connectivity index (χ4n) is 1.92. The molecule has 0 aromatic rings. The molecule has 0 bridgehead atoms. The maximum atomic E-state index is 11.3. The zero-order valence-corrected chi connectivity index (χ0v) is 14.8. The van der Waals surface area contributed by atoms with Gasteiger partial charge in [-0.2, -0.15) is 0 Å². The molecule has 3 atom stereocenters. The minimum atomic E-state index is -6.31. The summed E-state index contributed by atoms with van der Waals surface area (Å²) in [6.07, 6.45) is -2.33. The normalized spacial score (nSPS) is 26.9. The van der Waals surface area contributed by atoms with E-state index >= 15 is 0 Å². The summed E-state index contributed by atoms with van der Waals surface area (Å²) in [4.78, 5) is 0. The molecule has 0 aromatic carbocycles. The van der Waals surface area contributed by atoms with Gasteiger partial charge in [-0.1, -0.05) is 0 Å². The van der Waals surface area contributed by atoms with E-state index in [4.69, 9.17) is 15.3 Å². The van der Waals surface area contributed by atoms with Gasteiger partial charge in [-0.25, -0.2) is 0 Å².